The van der Waals surface area contributed by atoms with Crippen LogP contribution in [0.2, 0.25) is 0 Å². The van der Waals surface area contributed by atoms with Gasteiger partial charge in [0.2, 0.25) is 0 Å². The van der Waals surface area contributed by atoms with Crippen molar-refractivity contribution < 1.29 is 50.1 Å². The molecule has 3 atom stereocenters. The molecule has 0 amide bonds. The normalized spacial score (nSPS) is 26.9. The Hall–Kier alpha value is 1.10. The summed E-state index contributed by atoms with van der Waals surface area (Å²) in [4.78, 5) is 2.39. The summed E-state index contributed by atoms with van der Waals surface area (Å²) in [6, 6.07) is 0. The molecular formula is C15H26I3N2O-. The van der Waals surface area contributed by atoms with Crippen molar-refractivity contribution in [1.82, 2.24) is 5.32 Å². The number of halogens is 3. The monoisotopic (exact) mass is 631 g/mol. The van der Waals surface area contributed by atoms with Gasteiger partial charge in [-0.05, 0) is 0 Å². The molecule has 0 bridgehead atoms. The van der Waals surface area contributed by atoms with Crippen molar-refractivity contribution in [2.24, 2.45) is 11.8 Å². The van der Waals surface area contributed by atoms with E-state index in [0.717, 1.165) is 0 Å². The second kappa shape index (κ2) is 8.27. The molecule has 2 heterocycles. The van der Waals surface area contributed by atoms with E-state index in [2.05, 4.69) is 54.5 Å². The van der Waals surface area contributed by atoms with E-state index in [1.165, 1.54) is 21.1 Å². The Morgan fingerprint density at radius 1 is 1.48 bits per heavy atom. The number of fused-ring (bicyclic) bond motifs is 1. The Morgan fingerprint density at radius 2 is 2.24 bits per heavy atom. The van der Waals surface area contributed by atoms with Crippen LogP contribution in [0.3, 0.4) is 0 Å². The van der Waals surface area contributed by atoms with Gasteiger partial charge in [-0.2, -0.15) is 0 Å². The summed E-state index contributed by atoms with van der Waals surface area (Å²) in [6.07, 6.45) is 4.75. The maximum absolute atomic E-state index is 6.33. The van der Waals surface area contributed by atoms with E-state index >= 15 is 0 Å². The molecule has 1 N–H and O–H groups in total. The maximum atomic E-state index is 6.33. The van der Waals surface area contributed by atoms with Crippen LogP contribution in [0.25, 0.3) is 0 Å². The van der Waals surface area contributed by atoms with Crippen molar-refractivity contribution in [3.63, 3.8) is 0 Å². The van der Waals surface area contributed by atoms with Gasteiger partial charge in [-0.15, -0.1) is 0 Å². The number of nitrogens with one attached hydrogen (secondary N) is 1. The first-order chi connectivity index (χ1) is 9.93. The Labute approximate surface area is 160 Å². The number of nitrogens with zero attached hydrogens (tertiary/aromatic N) is 1. The van der Waals surface area contributed by atoms with Gasteiger partial charge < -0.3 is 0 Å². The van der Waals surface area contributed by atoms with Crippen LogP contribution in [-0.4, -0.2) is 40.4 Å². The minimum atomic E-state index is 0.0207. The molecule has 3 unspecified atom stereocenters. The SMILES string of the molecule is C[I-][N+](C)(C)C[I-]CC(C)C1=CNC2=IC=CC(C)C2O1. The van der Waals surface area contributed by atoms with Crippen LogP contribution in [0.4, 0.5) is 0 Å². The van der Waals surface area contributed by atoms with Crippen molar-refractivity contribution in [2.45, 2.75) is 20.0 Å². The van der Waals surface area contributed by atoms with E-state index in [1.54, 1.807) is 0 Å². The first-order valence-corrected chi connectivity index (χ1v) is 15.6. The average Bonchev–Trinajstić information content (AvgIpc) is 2.47. The summed E-state index contributed by atoms with van der Waals surface area (Å²) < 4.78 is 14.1. The standard InChI is InChI=1S/C15H26I3N2O/c1-11-6-7-18-15-14(11)21-13(9-19-15)12(2)8-17-10-20(4,5)16-3/h6-7,9,11-12,14,19H,8,10H2,1-5H3/q-1. The van der Waals surface area contributed by atoms with Crippen molar-refractivity contribution >= 4 is 24.4 Å². The fourth-order valence-corrected chi connectivity index (χ4v) is 10.6. The molecule has 0 aromatic heterocycles. The molecule has 0 aromatic carbocycles. The molecule has 2 aliphatic rings. The molecule has 0 saturated carbocycles. The molecule has 0 fully saturated rings. The van der Waals surface area contributed by atoms with Crippen LogP contribution >= 0.6 is 20.7 Å². The van der Waals surface area contributed by atoms with Gasteiger partial charge in [0.25, 0.3) is 0 Å². The first-order valence-electron chi connectivity index (χ1n) is 7.11. The van der Waals surface area contributed by atoms with Gasteiger partial charge in [-0.3, -0.25) is 0 Å². The van der Waals surface area contributed by atoms with E-state index in [0.29, 0.717) is 33.3 Å². The van der Waals surface area contributed by atoms with Gasteiger partial charge in [0.15, 0.2) is 0 Å². The van der Waals surface area contributed by atoms with E-state index in [9.17, 15) is 0 Å². The molecule has 124 valence electrons. The molecule has 3 nitrogen and oxygen atoms in total. The molecule has 2 rings (SSSR count). The molecule has 21 heavy (non-hydrogen) atoms. The van der Waals surface area contributed by atoms with Crippen LogP contribution in [0.15, 0.2) is 22.1 Å². The zero-order valence-electron chi connectivity index (χ0n) is 13.4. The Balaban J connectivity index is 1.86. The number of alkyl halides is 3. The van der Waals surface area contributed by atoms with Gasteiger partial charge >= 0.3 is 162 Å². The summed E-state index contributed by atoms with van der Waals surface area (Å²) in [5.41, 5.74) is 0. The summed E-state index contributed by atoms with van der Waals surface area (Å²) >= 11 is 0.584. The molecule has 0 spiro atoms. The molecule has 0 radical (unpaired) electrons. The van der Waals surface area contributed by atoms with Crippen molar-refractivity contribution in [3.05, 3.63) is 22.1 Å². The van der Waals surface area contributed by atoms with Gasteiger partial charge in [-0.25, -0.2) is 0 Å². The number of ether oxygens (including phenoxy) is 1. The van der Waals surface area contributed by atoms with E-state index in [4.69, 9.17) is 4.74 Å². The number of hydrogen-bond donors (Lipinski definition) is 1. The predicted molar refractivity (Wildman–Crippen MR) is 90.4 cm³/mol. The van der Waals surface area contributed by atoms with Crippen molar-refractivity contribution in [3.8, 4) is 0 Å². The first kappa shape index (κ1) is 18.4. The predicted octanol–water partition coefficient (Wildman–Crippen LogP) is -3.53. The molecule has 0 aromatic rings. The Morgan fingerprint density at radius 3 is 2.95 bits per heavy atom. The Bertz CT molecular complexity index is 460. The number of allylic oxidation sites excluding steroid dienone is 1. The third kappa shape index (κ3) is 5.30. The van der Waals surface area contributed by atoms with Gasteiger partial charge in [0, 0.05) is 0 Å². The van der Waals surface area contributed by atoms with Crippen molar-refractivity contribution in [1.29, 1.82) is 0 Å². The zero-order chi connectivity index (χ0) is 15.5. The molecular weight excluding hydrogens is 605 g/mol. The Kier molecular flexibility index (Phi) is 7.26. The van der Waals surface area contributed by atoms with Gasteiger partial charge in [-0.1, -0.05) is 0 Å². The quantitative estimate of drug-likeness (QED) is 0.142. The summed E-state index contributed by atoms with van der Waals surface area (Å²) in [5, 5.41) is 3.54. The van der Waals surface area contributed by atoms with E-state index in [1.807, 2.05) is 0 Å². The minimum absolute atomic E-state index is 0.0207. The zero-order valence-corrected chi connectivity index (χ0v) is 19.8. The number of quaternary nitrogens is 1. The van der Waals surface area contributed by atoms with Gasteiger partial charge in [0.1, 0.15) is 0 Å². The van der Waals surface area contributed by atoms with Crippen LogP contribution in [0.5, 0.6) is 0 Å². The second-order valence-electron chi connectivity index (χ2n) is 5.93. The summed E-state index contributed by atoms with van der Waals surface area (Å²) in [6.45, 7) is 4.59. The molecule has 0 saturated heterocycles. The van der Waals surface area contributed by atoms with Crippen molar-refractivity contribution in [2.75, 3.05) is 28.0 Å². The third-order valence-electron chi connectivity index (χ3n) is 3.55. The van der Waals surface area contributed by atoms with Crippen LogP contribution in [0.1, 0.15) is 13.8 Å². The molecule has 2 aliphatic heterocycles. The summed E-state index contributed by atoms with van der Waals surface area (Å²) in [5.74, 6) is 2.26. The van der Waals surface area contributed by atoms with Crippen LogP contribution in [-0.2, 0) is 4.74 Å². The fourth-order valence-electron chi connectivity index (χ4n) is 2.00. The molecule has 0 aliphatic carbocycles. The number of hydrogen-bond acceptors (Lipinski definition) is 2. The van der Waals surface area contributed by atoms with E-state index in [-0.39, 0.29) is 48.0 Å². The fraction of sp³-hybridized carbons (Fsp3) is 0.667. The van der Waals surface area contributed by atoms with Gasteiger partial charge in [0.05, 0.1) is 0 Å². The second-order valence-corrected chi connectivity index (χ2v) is 14.7. The van der Waals surface area contributed by atoms with Crippen LogP contribution < -0.4 is 48.0 Å². The summed E-state index contributed by atoms with van der Waals surface area (Å²) in [7, 11) is 4.77. The van der Waals surface area contributed by atoms with Crippen LogP contribution in [0, 0.1) is 11.8 Å². The molecule has 6 heteroatoms. The average molecular weight is 631 g/mol. The number of rotatable bonds is 6. The third-order valence-corrected chi connectivity index (χ3v) is 14.3. The topological polar surface area (TPSA) is 21.3 Å². The van der Waals surface area contributed by atoms with E-state index < -0.39 is 0 Å².